The Bertz CT molecular complexity index is 716. The smallest absolute Gasteiger partial charge is 0.0991 e. The van der Waals surface area contributed by atoms with Crippen LogP contribution >= 0.6 is 0 Å². The zero-order valence-electron chi connectivity index (χ0n) is 15.6. The summed E-state index contributed by atoms with van der Waals surface area (Å²) in [6.07, 6.45) is 14.0. The average Bonchev–Trinajstić information content (AvgIpc) is 2.67. The number of hydrogen-bond acceptors (Lipinski definition) is 1. The summed E-state index contributed by atoms with van der Waals surface area (Å²) in [5.41, 5.74) is 2.25. The number of fused-ring (bicyclic) bond motifs is 1. The van der Waals surface area contributed by atoms with E-state index in [4.69, 9.17) is 5.26 Å². The Morgan fingerprint density at radius 2 is 1.60 bits per heavy atom. The fourth-order valence-corrected chi connectivity index (χ4v) is 4.41. The predicted molar refractivity (Wildman–Crippen MR) is 107 cm³/mol. The molecule has 3 rings (SSSR count). The van der Waals surface area contributed by atoms with Crippen molar-refractivity contribution in [3.63, 3.8) is 0 Å². The third-order valence-electron chi connectivity index (χ3n) is 6.03. The van der Waals surface area contributed by atoms with Crippen molar-refractivity contribution in [1.82, 2.24) is 0 Å². The molecule has 132 valence electrons. The van der Waals surface area contributed by atoms with Crippen molar-refractivity contribution in [2.24, 2.45) is 5.92 Å². The highest BCUT2D eigenvalue weighted by Gasteiger charge is 2.22. The van der Waals surface area contributed by atoms with Crippen LogP contribution in [0.3, 0.4) is 0 Å². The number of nitrogens with zero attached hydrogens (tertiary/aromatic N) is 1. The van der Waals surface area contributed by atoms with Crippen LogP contribution in [0.2, 0.25) is 0 Å². The molecule has 1 nitrogen and oxygen atoms in total. The van der Waals surface area contributed by atoms with Gasteiger partial charge in [-0.15, -0.1) is 0 Å². The van der Waals surface area contributed by atoms with E-state index in [1.807, 2.05) is 12.1 Å². The summed E-state index contributed by atoms with van der Waals surface area (Å²) in [7, 11) is 0. The van der Waals surface area contributed by atoms with Gasteiger partial charge in [0, 0.05) is 0 Å². The van der Waals surface area contributed by atoms with E-state index in [1.54, 1.807) is 0 Å². The van der Waals surface area contributed by atoms with Crippen LogP contribution in [0.5, 0.6) is 0 Å². The molecule has 0 N–H and O–H groups in total. The van der Waals surface area contributed by atoms with Gasteiger partial charge in [-0.1, -0.05) is 69.7 Å². The monoisotopic (exact) mass is 333 g/mol. The minimum absolute atomic E-state index is 0.733. The molecule has 0 aliphatic heterocycles. The quantitative estimate of drug-likeness (QED) is 0.486. The summed E-state index contributed by atoms with van der Waals surface area (Å²) >= 11 is 0. The van der Waals surface area contributed by atoms with Crippen molar-refractivity contribution in [2.75, 3.05) is 0 Å². The van der Waals surface area contributed by atoms with E-state index in [0.717, 1.165) is 17.4 Å². The Hall–Kier alpha value is -1.81. The molecule has 0 heterocycles. The molecule has 1 heteroatoms. The van der Waals surface area contributed by atoms with Gasteiger partial charge in [-0.25, -0.2) is 0 Å². The van der Waals surface area contributed by atoms with E-state index < -0.39 is 0 Å². The molecule has 1 fully saturated rings. The summed E-state index contributed by atoms with van der Waals surface area (Å²) in [5, 5.41) is 11.5. The molecule has 25 heavy (non-hydrogen) atoms. The van der Waals surface area contributed by atoms with Crippen molar-refractivity contribution < 1.29 is 0 Å². The molecule has 0 bridgehead atoms. The van der Waals surface area contributed by atoms with E-state index in [2.05, 4.69) is 37.3 Å². The van der Waals surface area contributed by atoms with Crippen molar-refractivity contribution in [1.29, 1.82) is 5.26 Å². The summed E-state index contributed by atoms with van der Waals surface area (Å²) < 4.78 is 0. The highest BCUT2D eigenvalue weighted by molar-refractivity contribution is 5.84. The van der Waals surface area contributed by atoms with Crippen LogP contribution in [0.15, 0.2) is 36.4 Å². The molecule has 0 radical (unpaired) electrons. The van der Waals surface area contributed by atoms with Crippen molar-refractivity contribution >= 4 is 10.8 Å². The lowest BCUT2D eigenvalue weighted by Gasteiger charge is -2.29. The lowest BCUT2D eigenvalue weighted by atomic mass is 9.76. The Morgan fingerprint density at radius 3 is 2.36 bits per heavy atom. The molecule has 0 spiro atoms. The fraction of sp³-hybridized carbons (Fsp3) is 0.542. The number of unbranched alkanes of at least 4 members (excludes halogenated alkanes) is 4. The van der Waals surface area contributed by atoms with Gasteiger partial charge in [0.05, 0.1) is 11.6 Å². The predicted octanol–water partition coefficient (Wildman–Crippen LogP) is 7.35. The molecule has 2 aromatic rings. The molecule has 2 aromatic carbocycles. The second-order valence-electron chi connectivity index (χ2n) is 7.85. The first kappa shape index (κ1) is 18.0. The summed E-state index contributed by atoms with van der Waals surface area (Å²) in [6.45, 7) is 2.29. The molecule has 0 amide bonds. The molecule has 1 saturated carbocycles. The third-order valence-corrected chi connectivity index (χ3v) is 6.03. The highest BCUT2D eigenvalue weighted by Crippen LogP contribution is 2.38. The van der Waals surface area contributed by atoms with Gasteiger partial charge in [0.2, 0.25) is 0 Å². The molecule has 0 saturated heterocycles. The van der Waals surface area contributed by atoms with Crippen LogP contribution in [-0.2, 0) is 0 Å². The minimum atomic E-state index is 0.733. The Morgan fingerprint density at radius 1 is 0.880 bits per heavy atom. The maximum atomic E-state index is 9.03. The SMILES string of the molecule is CCCCCCC[C@H]1CC[C@H](c2ccc3cc(C#N)ccc3c2)CC1. The Kier molecular flexibility index (Phi) is 6.51. The molecule has 0 aromatic heterocycles. The van der Waals surface area contributed by atoms with Gasteiger partial charge in [0.25, 0.3) is 0 Å². The average molecular weight is 334 g/mol. The van der Waals surface area contributed by atoms with Crippen LogP contribution in [0.4, 0.5) is 0 Å². The Labute approximate surface area is 153 Å². The number of benzene rings is 2. The number of rotatable bonds is 7. The summed E-state index contributed by atoms with van der Waals surface area (Å²) in [5.74, 6) is 1.70. The molecule has 0 atom stereocenters. The topological polar surface area (TPSA) is 23.8 Å². The Balaban J connectivity index is 1.52. The van der Waals surface area contributed by atoms with Crippen molar-refractivity contribution in [3.8, 4) is 6.07 Å². The molecular formula is C24H31N. The van der Waals surface area contributed by atoms with Crippen LogP contribution < -0.4 is 0 Å². The first-order chi connectivity index (χ1) is 12.3. The van der Waals surface area contributed by atoms with Crippen LogP contribution in [0.1, 0.15) is 88.2 Å². The lowest BCUT2D eigenvalue weighted by Crippen LogP contribution is -2.13. The first-order valence-corrected chi connectivity index (χ1v) is 10.2. The molecule has 1 aliphatic rings. The van der Waals surface area contributed by atoms with Crippen LogP contribution in [0.25, 0.3) is 10.8 Å². The maximum absolute atomic E-state index is 9.03. The minimum Gasteiger partial charge on any atom is -0.192 e. The van der Waals surface area contributed by atoms with E-state index in [1.165, 1.54) is 80.5 Å². The van der Waals surface area contributed by atoms with E-state index in [-0.39, 0.29) is 0 Å². The van der Waals surface area contributed by atoms with E-state index in [0.29, 0.717) is 0 Å². The molecular weight excluding hydrogens is 302 g/mol. The van der Waals surface area contributed by atoms with Gasteiger partial charge < -0.3 is 0 Å². The second-order valence-corrected chi connectivity index (χ2v) is 7.85. The van der Waals surface area contributed by atoms with Gasteiger partial charge in [-0.05, 0) is 66.0 Å². The van der Waals surface area contributed by atoms with Crippen LogP contribution in [0, 0.1) is 17.2 Å². The number of nitriles is 1. The van der Waals surface area contributed by atoms with E-state index >= 15 is 0 Å². The van der Waals surface area contributed by atoms with Crippen molar-refractivity contribution in [2.45, 2.75) is 77.0 Å². The summed E-state index contributed by atoms with van der Waals surface area (Å²) in [6, 6.07) is 15.1. The maximum Gasteiger partial charge on any atom is 0.0991 e. The standard InChI is InChI=1S/C24H31N/c1-2-3-4-5-6-7-19-8-11-21(12-9-19)23-15-14-22-16-20(18-25)10-13-24(22)17-23/h10,13-17,19,21H,2-9,11-12H2,1H3/t19-,21-. The largest absolute Gasteiger partial charge is 0.192 e. The van der Waals surface area contributed by atoms with Gasteiger partial charge in [-0.3, -0.25) is 0 Å². The van der Waals surface area contributed by atoms with Crippen LogP contribution in [-0.4, -0.2) is 0 Å². The summed E-state index contributed by atoms with van der Waals surface area (Å²) in [4.78, 5) is 0. The first-order valence-electron chi connectivity index (χ1n) is 10.2. The molecule has 0 unspecified atom stereocenters. The lowest BCUT2D eigenvalue weighted by molar-refractivity contribution is 0.302. The van der Waals surface area contributed by atoms with E-state index in [9.17, 15) is 0 Å². The highest BCUT2D eigenvalue weighted by atomic mass is 14.3. The zero-order chi connectivity index (χ0) is 17.5. The van der Waals surface area contributed by atoms with Gasteiger partial charge in [-0.2, -0.15) is 5.26 Å². The van der Waals surface area contributed by atoms with Gasteiger partial charge >= 0.3 is 0 Å². The molecule has 1 aliphatic carbocycles. The third kappa shape index (κ3) is 4.85. The fourth-order valence-electron chi connectivity index (χ4n) is 4.41. The number of hydrogen-bond donors (Lipinski definition) is 0. The zero-order valence-corrected chi connectivity index (χ0v) is 15.6. The van der Waals surface area contributed by atoms with Crippen molar-refractivity contribution in [3.05, 3.63) is 47.5 Å². The van der Waals surface area contributed by atoms with Gasteiger partial charge in [0.1, 0.15) is 0 Å². The second kappa shape index (κ2) is 9.04. The normalized spacial score (nSPS) is 20.5. The van der Waals surface area contributed by atoms with Gasteiger partial charge in [0.15, 0.2) is 0 Å².